The number of rotatable bonds is 7. The van der Waals surface area contributed by atoms with Gasteiger partial charge in [0.15, 0.2) is 12.6 Å². The van der Waals surface area contributed by atoms with Gasteiger partial charge in [-0.15, -0.1) is 0 Å². The van der Waals surface area contributed by atoms with Gasteiger partial charge in [-0.1, -0.05) is 24.3 Å². The van der Waals surface area contributed by atoms with Crippen LogP contribution in [0.2, 0.25) is 0 Å². The summed E-state index contributed by atoms with van der Waals surface area (Å²) in [6.07, 6.45) is 3.89. The van der Waals surface area contributed by atoms with Crippen molar-refractivity contribution in [2.75, 3.05) is 39.3 Å². The number of carbonyl (C=O) groups excluding carboxylic acids is 3. The van der Waals surface area contributed by atoms with E-state index in [1.165, 1.54) is 0 Å². The Hall–Kier alpha value is -3.23. The van der Waals surface area contributed by atoms with E-state index < -0.39 is 0 Å². The van der Waals surface area contributed by atoms with E-state index >= 15 is 0 Å². The Morgan fingerprint density at radius 1 is 0.686 bits per heavy atom. The van der Waals surface area contributed by atoms with Crippen molar-refractivity contribution in [1.82, 2.24) is 14.7 Å². The van der Waals surface area contributed by atoms with Gasteiger partial charge in [-0.05, 0) is 50.9 Å². The lowest BCUT2D eigenvalue weighted by Gasteiger charge is -2.26. The third-order valence-electron chi connectivity index (χ3n) is 6.78. The van der Waals surface area contributed by atoms with Crippen LogP contribution in [-0.2, 0) is 17.9 Å². The number of hydrogen-bond donors (Lipinski definition) is 2. The maximum absolute atomic E-state index is 11.6. The van der Waals surface area contributed by atoms with Crippen molar-refractivity contribution >= 4 is 19.0 Å². The van der Waals surface area contributed by atoms with Gasteiger partial charge in [0.25, 0.3) is 0 Å². The fourth-order valence-electron chi connectivity index (χ4n) is 4.58. The number of benzene rings is 2. The highest BCUT2D eigenvalue weighted by molar-refractivity contribution is 5.82. The van der Waals surface area contributed by atoms with Crippen molar-refractivity contribution in [2.45, 2.75) is 39.8 Å². The maximum atomic E-state index is 11.6. The summed E-state index contributed by atoms with van der Waals surface area (Å²) >= 11 is 0. The van der Waals surface area contributed by atoms with Crippen LogP contribution in [-0.4, -0.2) is 83.2 Å². The molecular weight excluding hydrogens is 446 g/mol. The van der Waals surface area contributed by atoms with Crippen LogP contribution in [0.4, 0.5) is 0 Å². The summed E-state index contributed by atoms with van der Waals surface area (Å²) in [5.41, 5.74) is 3.52. The summed E-state index contributed by atoms with van der Waals surface area (Å²) in [4.78, 5) is 40.6. The van der Waals surface area contributed by atoms with Crippen LogP contribution in [0.1, 0.15) is 55.8 Å². The van der Waals surface area contributed by atoms with Crippen LogP contribution < -0.4 is 0 Å². The minimum atomic E-state index is 0.0176. The molecule has 8 nitrogen and oxygen atoms in total. The molecule has 3 rings (SSSR count). The molecule has 1 aliphatic rings. The van der Waals surface area contributed by atoms with E-state index in [-0.39, 0.29) is 11.5 Å². The Morgan fingerprint density at radius 2 is 1.14 bits per heavy atom. The molecule has 2 aromatic carbocycles. The second-order valence-corrected chi connectivity index (χ2v) is 9.24. The van der Waals surface area contributed by atoms with Gasteiger partial charge in [0.1, 0.15) is 11.5 Å². The quantitative estimate of drug-likeness (QED) is 0.587. The average Bonchev–Trinajstić information content (AvgIpc) is 2.88. The molecule has 2 aromatic rings. The topological polar surface area (TPSA) is 101 Å². The lowest BCUT2D eigenvalue weighted by atomic mass is 10.0. The zero-order valence-electron chi connectivity index (χ0n) is 20.6. The molecule has 0 saturated carbocycles. The smallest absolute Gasteiger partial charge is 0.209 e. The summed E-state index contributed by atoms with van der Waals surface area (Å²) in [6.45, 7) is 8.72. The van der Waals surface area contributed by atoms with Crippen molar-refractivity contribution in [3.05, 3.63) is 57.6 Å². The Bertz CT molecular complexity index is 1060. The molecule has 1 saturated heterocycles. The molecule has 1 amide bonds. The number of aldehydes is 2. The largest absolute Gasteiger partial charge is 0.507 e. The summed E-state index contributed by atoms with van der Waals surface area (Å²) in [5, 5.41) is 21.2. The highest BCUT2D eigenvalue weighted by Crippen LogP contribution is 2.27. The van der Waals surface area contributed by atoms with Crippen molar-refractivity contribution in [1.29, 1.82) is 0 Å². The number of aromatic hydroxyl groups is 2. The summed E-state index contributed by atoms with van der Waals surface area (Å²) < 4.78 is 0. The molecule has 188 valence electrons. The van der Waals surface area contributed by atoms with E-state index in [4.69, 9.17) is 0 Å². The van der Waals surface area contributed by atoms with Gasteiger partial charge in [0.05, 0.1) is 11.1 Å². The molecule has 2 N–H and O–H groups in total. The molecule has 1 fully saturated rings. The normalized spacial score (nSPS) is 16.5. The highest BCUT2D eigenvalue weighted by atomic mass is 16.3. The summed E-state index contributed by atoms with van der Waals surface area (Å²) in [6, 6.07) is 7.39. The van der Waals surface area contributed by atoms with Crippen LogP contribution in [0.3, 0.4) is 0 Å². The van der Waals surface area contributed by atoms with Crippen molar-refractivity contribution in [3.63, 3.8) is 0 Å². The van der Waals surface area contributed by atoms with Gasteiger partial charge < -0.3 is 15.1 Å². The molecule has 0 unspecified atom stereocenters. The minimum Gasteiger partial charge on any atom is -0.507 e. The third-order valence-corrected chi connectivity index (χ3v) is 6.78. The van der Waals surface area contributed by atoms with E-state index in [1.807, 2.05) is 24.3 Å². The molecule has 1 aliphatic heterocycles. The standard InChI is InChI=1S/C27H35N3O5/c1-20-5-7-22(26(34)24(20)17-31)15-28-9-3-11-29(13-14-30(19-33)12-4-10-28)16-23-8-6-21(2)25(18-32)27(23)35/h5-8,17-19,34-35H,3-4,9-16H2,1-2H3. The number of aryl methyl sites for hydroxylation is 2. The monoisotopic (exact) mass is 481 g/mol. The average molecular weight is 482 g/mol. The molecule has 35 heavy (non-hydrogen) atoms. The van der Waals surface area contributed by atoms with Crippen molar-refractivity contribution in [2.24, 2.45) is 0 Å². The second-order valence-electron chi connectivity index (χ2n) is 9.24. The van der Waals surface area contributed by atoms with Gasteiger partial charge >= 0.3 is 0 Å². The van der Waals surface area contributed by atoms with Crippen LogP contribution in [0.5, 0.6) is 11.5 Å². The van der Waals surface area contributed by atoms with Gasteiger partial charge in [0.2, 0.25) is 6.41 Å². The van der Waals surface area contributed by atoms with Crippen molar-refractivity contribution < 1.29 is 24.6 Å². The first-order valence-electron chi connectivity index (χ1n) is 12.0. The molecule has 1 heterocycles. The Labute approximate surface area is 206 Å². The lowest BCUT2D eigenvalue weighted by Crippen LogP contribution is -2.35. The zero-order chi connectivity index (χ0) is 25.4. The first-order valence-corrected chi connectivity index (χ1v) is 12.0. The van der Waals surface area contributed by atoms with E-state index in [0.29, 0.717) is 67.5 Å². The predicted octanol–water partition coefficient (Wildman–Crippen LogP) is 2.90. The molecule has 0 atom stereocenters. The summed E-state index contributed by atoms with van der Waals surface area (Å²) in [7, 11) is 0. The SMILES string of the molecule is Cc1ccc(CN2CCCN(C=O)CCN(Cc3ccc(C)c(C=O)c3O)CCC2)c(O)c1C=O. The Kier molecular flexibility index (Phi) is 9.39. The molecule has 0 spiro atoms. The van der Waals surface area contributed by atoms with Crippen LogP contribution in [0, 0.1) is 13.8 Å². The first-order chi connectivity index (χ1) is 16.9. The molecular formula is C27H35N3O5. The van der Waals surface area contributed by atoms with E-state index in [1.54, 1.807) is 18.7 Å². The zero-order valence-corrected chi connectivity index (χ0v) is 20.6. The van der Waals surface area contributed by atoms with E-state index in [9.17, 15) is 24.6 Å². The predicted molar refractivity (Wildman–Crippen MR) is 134 cm³/mol. The van der Waals surface area contributed by atoms with Crippen molar-refractivity contribution in [3.8, 4) is 11.5 Å². The molecule has 0 aromatic heterocycles. The van der Waals surface area contributed by atoms with E-state index in [2.05, 4.69) is 9.80 Å². The van der Waals surface area contributed by atoms with Gasteiger partial charge in [-0.3, -0.25) is 24.2 Å². The van der Waals surface area contributed by atoms with Gasteiger partial charge in [-0.25, -0.2) is 0 Å². The number of amides is 1. The fraction of sp³-hybridized carbons (Fsp3) is 0.444. The molecule has 0 aliphatic carbocycles. The number of nitrogens with zero attached hydrogens (tertiary/aromatic N) is 3. The lowest BCUT2D eigenvalue weighted by molar-refractivity contribution is -0.118. The molecule has 8 heteroatoms. The Morgan fingerprint density at radius 3 is 1.60 bits per heavy atom. The number of phenolic OH excluding ortho intramolecular Hbond substituents is 2. The number of phenols is 2. The number of carbonyl (C=O) groups is 3. The van der Waals surface area contributed by atoms with Gasteiger partial charge in [-0.2, -0.15) is 0 Å². The van der Waals surface area contributed by atoms with Crippen LogP contribution >= 0.6 is 0 Å². The Balaban J connectivity index is 1.75. The number of hydrogen-bond acceptors (Lipinski definition) is 7. The molecule has 0 bridgehead atoms. The highest BCUT2D eigenvalue weighted by Gasteiger charge is 2.18. The first kappa shape index (κ1) is 26.4. The second kappa shape index (κ2) is 12.5. The minimum absolute atomic E-state index is 0.0176. The van der Waals surface area contributed by atoms with Gasteiger partial charge in [0, 0.05) is 50.4 Å². The maximum Gasteiger partial charge on any atom is 0.209 e. The van der Waals surface area contributed by atoms with E-state index in [0.717, 1.165) is 50.0 Å². The fourth-order valence-corrected chi connectivity index (χ4v) is 4.58. The third kappa shape index (κ3) is 6.68. The summed E-state index contributed by atoms with van der Waals surface area (Å²) in [5.74, 6) is 0.0512. The van der Waals surface area contributed by atoms with Crippen LogP contribution in [0.25, 0.3) is 0 Å². The molecule has 0 radical (unpaired) electrons. The van der Waals surface area contributed by atoms with Crippen LogP contribution in [0.15, 0.2) is 24.3 Å².